The summed E-state index contributed by atoms with van der Waals surface area (Å²) in [5.41, 5.74) is 5.16. The summed E-state index contributed by atoms with van der Waals surface area (Å²) in [4.78, 5) is 3.66. The van der Waals surface area contributed by atoms with Crippen molar-refractivity contribution in [2.75, 3.05) is 27.2 Å². The highest BCUT2D eigenvalue weighted by Crippen LogP contribution is 2.61. The van der Waals surface area contributed by atoms with Crippen molar-refractivity contribution in [1.29, 1.82) is 0 Å². The third kappa shape index (κ3) is 0.970. The predicted molar refractivity (Wildman–Crippen MR) is 42.0 cm³/mol. The number of hydrogen-bond acceptors (Lipinski definition) is 5. The Morgan fingerprint density at radius 1 is 1.33 bits per heavy atom. The average Bonchev–Trinajstić information content (AvgIpc) is 2.14. The molecule has 0 aromatic rings. The van der Waals surface area contributed by atoms with E-state index in [1.54, 1.807) is 0 Å². The zero-order chi connectivity index (χ0) is 8.98. The van der Waals surface area contributed by atoms with Crippen molar-refractivity contribution in [3.05, 3.63) is 0 Å². The van der Waals surface area contributed by atoms with Crippen molar-refractivity contribution in [1.82, 2.24) is 9.80 Å². The van der Waals surface area contributed by atoms with Gasteiger partial charge in [-0.3, -0.25) is 0 Å². The van der Waals surface area contributed by atoms with Gasteiger partial charge in [0.05, 0.1) is 0 Å². The molecule has 0 aliphatic carbocycles. The Bertz CT molecular complexity index is 236. The summed E-state index contributed by atoms with van der Waals surface area (Å²) in [5.74, 6) is 0. The lowest BCUT2D eigenvalue weighted by atomic mass is 10.6. The fourth-order valence-electron chi connectivity index (χ4n) is 1.49. The van der Waals surface area contributed by atoms with Crippen LogP contribution in [-0.2, 0) is 13.6 Å². The maximum absolute atomic E-state index is 11.0. The molecule has 2 aliphatic rings. The van der Waals surface area contributed by atoms with E-state index in [-0.39, 0.29) is 0 Å². The highest BCUT2D eigenvalue weighted by molar-refractivity contribution is 7.52. The first-order chi connectivity index (χ1) is 5.46. The van der Waals surface area contributed by atoms with E-state index in [2.05, 4.69) is 0 Å². The Balaban J connectivity index is 2.18. The molecule has 1 spiro atoms. The van der Waals surface area contributed by atoms with Gasteiger partial charge in [-0.15, -0.1) is 0 Å². The molecule has 0 unspecified atom stereocenters. The van der Waals surface area contributed by atoms with Crippen LogP contribution in [0.5, 0.6) is 0 Å². The minimum absolute atomic E-state index is 0.816. The number of nitrogens with zero attached hydrogens (tertiary/aromatic N) is 2. The van der Waals surface area contributed by atoms with Gasteiger partial charge in [-0.05, 0) is 14.1 Å². The quantitative estimate of drug-likeness (QED) is 0.527. The lowest BCUT2D eigenvalue weighted by Gasteiger charge is -2.47. The minimum Gasteiger partial charge on any atom is -0.241 e. The summed E-state index contributed by atoms with van der Waals surface area (Å²) >= 11 is 0. The van der Waals surface area contributed by atoms with Crippen LogP contribution >= 0.6 is 7.75 Å². The highest BCUT2D eigenvalue weighted by Gasteiger charge is 2.62. The Hall–Kier alpha value is 0.0300. The molecule has 12 heavy (non-hydrogen) atoms. The average molecular weight is 193 g/mol. The zero-order valence-electron chi connectivity index (χ0n) is 7.06. The molecular weight excluding hydrogens is 181 g/mol. The zero-order valence-corrected chi connectivity index (χ0v) is 7.95. The maximum atomic E-state index is 11.0. The van der Waals surface area contributed by atoms with Gasteiger partial charge in [0, 0.05) is 13.1 Å². The maximum Gasteiger partial charge on any atom is 0.412 e. The fourth-order valence-corrected chi connectivity index (χ4v) is 2.73. The van der Waals surface area contributed by atoms with Gasteiger partial charge in [-0.1, -0.05) is 0 Å². The van der Waals surface area contributed by atoms with Crippen LogP contribution in [0.3, 0.4) is 0 Å². The Morgan fingerprint density at radius 2 is 1.75 bits per heavy atom. The Labute approximate surface area is 70.8 Å². The van der Waals surface area contributed by atoms with Crippen molar-refractivity contribution >= 4 is 7.75 Å². The summed E-state index contributed by atoms with van der Waals surface area (Å²) in [6.07, 6.45) is 0. The normalized spacial score (nSPS) is 33.9. The lowest BCUT2D eigenvalue weighted by molar-refractivity contribution is -0.330. The van der Waals surface area contributed by atoms with E-state index in [9.17, 15) is 4.57 Å². The molecule has 2 N–H and O–H groups in total. The largest absolute Gasteiger partial charge is 0.412 e. The number of likely N-dealkylation sites (N-methyl/N-ethyl adjacent to an activating group) is 2. The highest BCUT2D eigenvalue weighted by atomic mass is 31.2. The molecule has 0 aromatic heterocycles. The second kappa shape index (κ2) is 2.29. The summed E-state index contributed by atoms with van der Waals surface area (Å²) < 4.78 is 21.1. The summed E-state index contributed by atoms with van der Waals surface area (Å²) in [6.45, 7) is 1.63. The SMILES string of the molecule is CN1CCN(C)C12OP(N)(=O)O2. The first-order valence-corrected chi connectivity index (χ1v) is 5.30. The van der Waals surface area contributed by atoms with Crippen molar-refractivity contribution in [3.8, 4) is 0 Å². The van der Waals surface area contributed by atoms with Gasteiger partial charge in [0.25, 0.3) is 0 Å². The van der Waals surface area contributed by atoms with Crippen LogP contribution in [0.2, 0.25) is 0 Å². The molecular formula is C5H12N3O3P. The molecule has 0 saturated carbocycles. The van der Waals surface area contributed by atoms with Gasteiger partial charge in [0.2, 0.25) is 0 Å². The van der Waals surface area contributed by atoms with Gasteiger partial charge in [0.15, 0.2) is 0 Å². The second-order valence-corrected chi connectivity index (χ2v) is 4.56. The molecule has 6 nitrogen and oxygen atoms in total. The van der Waals surface area contributed by atoms with Crippen LogP contribution in [0.25, 0.3) is 0 Å². The lowest BCUT2D eigenvalue weighted by Crippen LogP contribution is -2.60. The Kier molecular flexibility index (Phi) is 1.64. The van der Waals surface area contributed by atoms with E-state index in [0.29, 0.717) is 0 Å². The molecule has 0 radical (unpaired) electrons. The van der Waals surface area contributed by atoms with Crippen molar-refractivity contribution in [3.63, 3.8) is 0 Å². The van der Waals surface area contributed by atoms with E-state index in [4.69, 9.17) is 14.6 Å². The van der Waals surface area contributed by atoms with Crippen LogP contribution < -0.4 is 5.50 Å². The van der Waals surface area contributed by atoms with Crippen molar-refractivity contribution in [2.45, 2.75) is 6.03 Å². The van der Waals surface area contributed by atoms with E-state index >= 15 is 0 Å². The summed E-state index contributed by atoms with van der Waals surface area (Å²) in [6, 6.07) is -0.954. The van der Waals surface area contributed by atoms with Gasteiger partial charge >= 0.3 is 13.8 Å². The number of rotatable bonds is 0. The number of hydrogen-bond donors (Lipinski definition) is 1. The van der Waals surface area contributed by atoms with Crippen molar-refractivity contribution in [2.24, 2.45) is 5.50 Å². The van der Waals surface area contributed by atoms with Crippen LogP contribution in [0.15, 0.2) is 0 Å². The topological polar surface area (TPSA) is 68.0 Å². The molecule has 70 valence electrons. The molecule has 2 fully saturated rings. The van der Waals surface area contributed by atoms with Crippen molar-refractivity contribution < 1.29 is 13.6 Å². The monoisotopic (exact) mass is 193 g/mol. The third-order valence-corrected chi connectivity index (χ3v) is 3.21. The standard InChI is InChI=1S/C5H12N3O3P/c1-7-3-4-8(2)5(7)10-12(6,9)11-5/h3-4H2,1-2H3,(H2,6,9). The third-order valence-electron chi connectivity index (χ3n) is 2.23. The summed E-state index contributed by atoms with van der Waals surface area (Å²) in [7, 11) is 0.433. The van der Waals surface area contributed by atoms with E-state index in [0.717, 1.165) is 13.1 Å². The molecule has 2 saturated heterocycles. The molecule has 0 atom stereocenters. The molecule has 0 bridgehead atoms. The van der Waals surface area contributed by atoms with Crippen LogP contribution in [0.4, 0.5) is 0 Å². The number of nitrogens with two attached hydrogens (primary N) is 1. The Morgan fingerprint density at radius 3 is 2.08 bits per heavy atom. The van der Waals surface area contributed by atoms with Crippen LogP contribution in [-0.4, -0.2) is 43.0 Å². The minimum atomic E-state index is -3.24. The van der Waals surface area contributed by atoms with Gasteiger partial charge in [-0.25, -0.2) is 28.9 Å². The fraction of sp³-hybridized carbons (Fsp3) is 1.00. The van der Waals surface area contributed by atoms with E-state index in [1.165, 1.54) is 0 Å². The summed E-state index contributed by atoms with van der Waals surface area (Å²) in [5, 5.41) is 0. The van der Waals surface area contributed by atoms with E-state index in [1.807, 2.05) is 23.9 Å². The molecule has 0 amide bonds. The molecule has 2 heterocycles. The van der Waals surface area contributed by atoms with Gasteiger partial charge in [-0.2, -0.15) is 0 Å². The van der Waals surface area contributed by atoms with Crippen LogP contribution in [0, 0.1) is 0 Å². The molecule has 7 heteroatoms. The smallest absolute Gasteiger partial charge is 0.241 e. The molecule has 0 aromatic carbocycles. The second-order valence-electron chi connectivity index (χ2n) is 3.11. The molecule has 2 rings (SSSR count). The predicted octanol–water partition coefficient (Wildman–Crippen LogP) is -0.412. The van der Waals surface area contributed by atoms with Crippen LogP contribution in [0.1, 0.15) is 0 Å². The van der Waals surface area contributed by atoms with E-state index < -0.39 is 13.8 Å². The first-order valence-electron chi connectivity index (χ1n) is 3.69. The van der Waals surface area contributed by atoms with Gasteiger partial charge in [0.1, 0.15) is 0 Å². The molecule has 2 aliphatic heterocycles. The van der Waals surface area contributed by atoms with Gasteiger partial charge < -0.3 is 0 Å². The first kappa shape index (κ1) is 8.62.